The molecule has 4 aromatic rings. The maximum absolute atomic E-state index is 13.2. The molecule has 0 bridgehead atoms. The molecule has 0 aliphatic heterocycles. The molecule has 1 heterocycles. The number of nitrogens with one attached hydrogen (secondary N) is 1. The number of carbonyl (C=O) groups excluding carboxylic acids is 1. The molecule has 0 saturated carbocycles. The van der Waals surface area contributed by atoms with E-state index in [1.165, 1.54) is 24.3 Å². The van der Waals surface area contributed by atoms with Crippen LogP contribution in [0, 0.1) is 12.7 Å². The molecule has 3 aromatic carbocycles. The van der Waals surface area contributed by atoms with Crippen molar-refractivity contribution in [1.82, 2.24) is 14.3 Å². The molecule has 0 aliphatic rings. The molecule has 1 N–H and O–H groups in total. The number of nitrogens with zero attached hydrogens (tertiary/aromatic N) is 3. The lowest BCUT2D eigenvalue weighted by molar-refractivity contribution is 0.101. The van der Waals surface area contributed by atoms with E-state index in [0.29, 0.717) is 11.4 Å². The zero-order chi connectivity index (χ0) is 22.7. The normalized spacial score (nSPS) is 10.7. The van der Waals surface area contributed by atoms with E-state index in [1.54, 1.807) is 30.3 Å². The molecule has 8 heteroatoms. The summed E-state index contributed by atoms with van der Waals surface area (Å²) in [6.45, 7) is 1.86. The first-order valence-corrected chi connectivity index (χ1v) is 9.85. The van der Waals surface area contributed by atoms with Gasteiger partial charge < -0.3 is 5.32 Å². The Morgan fingerprint density at radius 2 is 1.59 bits per heavy atom. The van der Waals surface area contributed by atoms with Crippen molar-refractivity contribution in [3.8, 4) is 5.69 Å². The van der Waals surface area contributed by atoms with Crippen LogP contribution in [0.15, 0.2) is 88.5 Å². The molecule has 0 fully saturated rings. The molecule has 1 amide bonds. The molecule has 0 radical (unpaired) electrons. The Bertz CT molecular complexity index is 1390. The predicted molar refractivity (Wildman–Crippen MR) is 119 cm³/mol. The SMILES string of the molecule is Cc1ccccc1Cn1c(=O)c(C(=O)Nc2ccc(F)cc2)nn(-c2ccccc2)c1=O. The van der Waals surface area contributed by atoms with Crippen molar-refractivity contribution in [2.75, 3.05) is 5.32 Å². The van der Waals surface area contributed by atoms with Crippen molar-refractivity contribution in [1.29, 1.82) is 0 Å². The Morgan fingerprint density at radius 3 is 2.28 bits per heavy atom. The summed E-state index contributed by atoms with van der Waals surface area (Å²) in [6.07, 6.45) is 0. The maximum Gasteiger partial charge on any atom is 0.352 e. The highest BCUT2D eigenvalue weighted by atomic mass is 19.1. The highest BCUT2D eigenvalue weighted by molar-refractivity contribution is 6.02. The molecule has 32 heavy (non-hydrogen) atoms. The van der Waals surface area contributed by atoms with Gasteiger partial charge in [-0.3, -0.25) is 14.2 Å². The molecule has 7 nitrogen and oxygen atoms in total. The fourth-order valence-corrected chi connectivity index (χ4v) is 3.22. The number of anilines is 1. The van der Waals surface area contributed by atoms with E-state index in [0.717, 1.165) is 20.4 Å². The van der Waals surface area contributed by atoms with Crippen LogP contribution in [0.25, 0.3) is 5.69 Å². The van der Waals surface area contributed by atoms with Crippen LogP contribution in [0.2, 0.25) is 0 Å². The van der Waals surface area contributed by atoms with Crippen LogP contribution in [0.4, 0.5) is 10.1 Å². The van der Waals surface area contributed by atoms with Crippen molar-refractivity contribution in [3.05, 3.63) is 122 Å². The van der Waals surface area contributed by atoms with Gasteiger partial charge in [0.05, 0.1) is 12.2 Å². The monoisotopic (exact) mass is 430 g/mol. The summed E-state index contributed by atoms with van der Waals surface area (Å²) in [5.74, 6) is -1.26. The van der Waals surface area contributed by atoms with Crippen LogP contribution in [0.1, 0.15) is 21.6 Å². The third kappa shape index (κ3) is 4.24. The van der Waals surface area contributed by atoms with Gasteiger partial charge in [0.2, 0.25) is 5.69 Å². The zero-order valence-electron chi connectivity index (χ0n) is 17.2. The lowest BCUT2D eigenvalue weighted by Gasteiger charge is -2.13. The summed E-state index contributed by atoms with van der Waals surface area (Å²) in [5.41, 5.74) is 0.438. The van der Waals surface area contributed by atoms with E-state index in [4.69, 9.17) is 0 Å². The van der Waals surface area contributed by atoms with Crippen molar-refractivity contribution in [2.45, 2.75) is 13.5 Å². The van der Waals surface area contributed by atoms with Crippen LogP contribution in [-0.2, 0) is 6.54 Å². The minimum Gasteiger partial charge on any atom is -0.320 e. The Kier molecular flexibility index (Phi) is 5.76. The Labute approximate surface area is 182 Å². The Morgan fingerprint density at radius 1 is 0.938 bits per heavy atom. The van der Waals surface area contributed by atoms with Crippen LogP contribution >= 0.6 is 0 Å². The smallest absolute Gasteiger partial charge is 0.320 e. The number of para-hydroxylation sites is 1. The van der Waals surface area contributed by atoms with E-state index in [1.807, 2.05) is 31.2 Å². The van der Waals surface area contributed by atoms with Gasteiger partial charge in [0.15, 0.2) is 0 Å². The molecule has 0 spiro atoms. The number of aromatic nitrogens is 3. The van der Waals surface area contributed by atoms with Gasteiger partial charge >= 0.3 is 5.69 Å². The molecule has 0 saturated heterocycles. The summed E-state index contributed by atoms with van der Waals surface area (Å²) >= 11 is 0. The lowest BCUT2D eigenvalue weighted by atomic mass is 10.1. The number of rotatable bonds is 5. The number of hydrogen-bond acceptors (Lipinski definition) is 4. The molecule has 160 valence electrons. The van der Waals surface area contributed by atoms with Crippen LogP contribution in [0.5, 0.6) is 0 Å². The summed E-state index contributed by atoms with van der Waals surface area (Å²) in [4.78, 5) is 39.2. The zero-order valence-corrected chi connectivity index (χ0v) is 17.2. The first-order valence-electron chi connectivity index (χ1n) is 9.85. The highest BCUT2D eigenvalue weighted by Crippen LogP contribution is 2.10. The number of hydrogen-bond donors (Lipinski definition) is 1. The van der Waals surface area contributed by atoms with E-state index in [-0.39, 0.29) is 6.54 Å². The lowest BCUT2D eigenvalue weighted by Crippen LogP contribution is -2.45. The van der Waals surface area contributed by atoms with Gasteiger partial charge in [0.25, 0.3) is 11.5 Å². The molecule has 4 rings (SSSR count). The van der Waals surface area contributed by atoms with Gasteiger partial charge in [-0.15, -0.1) is 0 Å². The number of aryl methyl sites for hydroxylation is 1. The van der Waals surface area contributed by atoms with Crippen molar-refractivity contribution in [2.24, 2.45) is 0 Å². The second-order valence-corrected chi connectivity index (χ2v) is 7.16. The largest absolute Gasteiger partial charge is 0.352 e. The van der Waals surface area contributed by atoms with Gasteiger partial charge in [0, 0.05) is 5.69 Å². The minimum atomic E-state index is -0.815. The number of carbonyl (C=O) groups is 1. The summed E-state index contributed by atoms with van der Waals surface area (Å²) in [7, 11) is 0. The molecular weight excluding hydrogens is 411 g/mol. The first-order chi connectivity index (χ1) is 15.4. The molecule has 0 atom stereocenters. The molecule has 1 aromatic heterocycles. The number of amides is 1. The van der Waals surface area contributed by atoms with Crippen LogP contribution in [-0.4, -0.2) is 20.3 Å². The first kappa shape index (κ1) is 20.9. The van der Waals surface area contributed by atoms with Gasteiger partial charge in [-0.25, -0.2) is 9.18 Å². The second kappa shape index (κ2) is 8.81. The van der Waals surface area contributed by atoms with Crippen molar-refractivity contribution < 1.29 is 9.18 Å². The predicted octanol–water partition coefficient (Wildman–Crippen LogP) is 3.14. The maximum atomic E-state index is 13.2. The standard InChI is InChI=1S/C24H19FN4O3/c1-16-7-5-6-8-17(16)15-28-23(31)21(22(30)26-19-13-11-18(25)12-14-19)27-29(24(28)32)20-9-3-2-4-10-20/h2-14H,15H2,1H3,(H,26,30). The van der Waals surface area contributed by atoms with E-state index >= 15 is 0 Å². The highest BCUT2D eigenvalue weighted by Gasteiger charge is 2.21. The van der Waals surface area contributed by atoms with Gasteiger partial charge in [0.1, 0.15) is 5.82 Å². The fourth-order valence-electron chi connectivity index (χ4n) is 3.22. The average molecular weight is 430 g/mol. The Hall–Kier alpha value is -4.33. The summed E-state index contributed by atoms with van der Waals surface area (Å²) in [5, 5.41) is 6.60. The van der Waals surface area contributed by atoms with Crippen molar-refractivity contribution in [3.63, 3.8) is 0 Å². The average Bonchev–Trinajstić information content (AvgIpc) is 2.80. The number of halogens is 1. The van der Waals surface area contributed by atoms with Gasteiger partial charge in [-0.1, -0.05) is 42.5 Å². The quantitative estimate of drug-likeness (QED) is 0.527. The third-order valence-electron chi connectivity index (χ3n) is 4.97. The second-order valence-electron chi connectivity index (χ2n) is 7.16. The molecule has 0 unspecified atom stereocenters. The van der Waals surface area contributed by atoms with Crippen LogP contribution in [0.3, 0.4) is 0 Å². The third-order valence-corrected chi connectivity index (χ3v) is 4.97. The van der Waals surface area contributed by atoms with E-state index in [9.17, 15) is 18.8 Å². The van der Waals surface area contributed by atoms with Crippen molar-refractivity contribution >= 4 is 11.6 Å². The van der Waals surface area contributed by atoms with E-state index < -0.39 is 28.7 Å². The molecular formula is C24H19FN4O3. The molecule has 0 aliphatic carbocycles. The van der Waals surface area contributed by atoms with E-state index in [2.05, 4.69) is 10.4 Å². The fraction of sp³-hybridized carbons (Fsp3) is 0.0833. The summed E-state index contributed by atoms with van der Waals surface area (Å²) in [6, 6.07) is 21.0. The number of benzene rings is 3. The van der Waals surface area contributed by atoms with Crippen LogP contribution < -0.4 is 16.6 Å². The van der Waals surface area contributed by atoms with Gasteiger partial charge in [-0.05, 0) is 54.4 Å². The summed E-state index contributed by atoms with van der Waals surface area (Å²) < 4.78 is 15.2. The topological polar surface area (TPSA) is 86.0 Å². The van der Waals surface area contributed by atoms with Gasteiger partial charge in [-0.2, -0.15) is 9.78 Å². The minimum absolute atomic E-state index is 0.0173. The Balaban J connectivity index is 1.84.